The molecule has 0 unspecified atom stereocenters. The quantitative estimate of drug-likeness (QED) is 0.618. The first-order valence-corrected chi connectivity index (χ1v) is 8.90. The SMILES string of the molecule is CCNC(=NCC(C)(C)c1ccc(F)cc1Cl)N(C)Cc1ncnn1C. The van der Waals surface area contributed by atoms with Gasteiger partial charge in [0.15, 0.2) is 5.96 Å². The summed E-state index contributed by atoms with van der Waals surface area (Å²) < 4.78 is 15.1. The largest absolute Gasteiger partial charge is 0.357 e. The van der Waals surface area contributed by atoms with E-state index in [1.165, 1.54) is 18.5 Å². The van der Waals surface area contributed by atoms with Gasteiger partial charge in [-0.05, 0) is 24.6 Å². The van der Waals surface area contributed by atoms with Gasteiger partial charge < -0.3 is 10.2 Å². The number of aryl methyl sites for hydroxylation is 1. The topological polar surface area (TPSA) is 58.3 Å². The van der Waals surface area contributed by atoms with Gasteiger partial charge in [-0.15, -0.1) is 0 Å². The lowest BCUT2D eigenvalue weighted by Crippen LogP contribution is -2.40. The van der Waals surface area contributed by atoms with Gasteiger partial charge in [0.05, 0.1) is 13.1 Å². The summed E-state index contributed by atoms with van der Waals surface area (Å²) in [6.07, 6.45) is 1.53. The molecule has 2 rings (SSSR count). The lowest BCUT2D eigenvalue weighted by molar-refractivity contribution is 0.442. The number of halogens is 2. The van der Waals surface area contributed by atoms with E-state index >= 15 is 0 Å². The van der Waals surface area contributed by atoms with Crippen LogP contribution in [0.3, 0.4) is 0 Å². The molecule has 0 aliphatic rings. The van der Waals surface area contributed by atoms with Crippen LogP contribution in [0.2, 0.25) is 5.02 Å². The van der Waals surface area contributed by atoms with Gasteiger partial charge in [0, 0.05) is 31.1 Å². The van der Waals surface area contributed by atoms with Gasteiger partial charge >= 0.3 is 0 Å². The normalized spacial score (nSPS) is 12.3. The Balaban J connectivity index is 2.17. The second-order valence-electron chi connectivity index (χ2n) is 6.83. The molecule has 1 aromatic carbocycles. The highest BCUT2D eigenvalue weighted by Crippen LogP contribution is 2.30. The zero-order valence-corrected chi connectivity index (χ0v) is 16.7. The Morgan fingerprint density at radius 3 is 2.73 bits per heavy atom. The number of aromatic nitrogens is 3. The Morgan fingerprint density at radius 1 is 1.42 bits per heavy atom. The predicted molar refractivity (Wildman–Crippen MR) is 103 cm³/mol. The zero-order chi connectivity index (χ0) is 19.3. The van der Waals surface area contributed by atoms with E-state index in [1.54, 1.807) is 10.7 Å². The summed E-state index contributed by atoms with van der Waals surface area (Å²) in [7, 11) is 3.81. The molecule has 0 fully saturated rings. The number of guanidine groups is 1. The first-order chi connectivity index (χ1) is 12.2. The van der Waals surface area contributed by atoms with Gasteiger partial charge in [-0.25, -0.2) is 9.37 Å². The monoisotopic (exact) mass is 380 g/mol. The van der Waals surface area contributed by atoms with Crippen molar-refractivity contribution in [2.24, 2.45) is 12.0 Å². The smallest absolute Gasteiger partial charge is 0.194 e. The van der Waals surface area contributed by atoms with E-state index in [9.17, 15) is 4.39 Å². The highest BCUT2D eigenvalue weighted by atomic mass is 35.5. The van der Waals surface area contributed by atoms with Crippen molar-refractivity contribution >= 4 is 17.6 Å². The lowest BCUT2D eigenvalue weighted by atomic mass is 9.84. The summed E-state index contributed by atoms with van der Waals surface area (Å²) in [5.74, 6) is 1.27. The molecule has 0 saturated carbocycles. The number of hydrogen-bond acceptors (Lipinski definition) is 3. The van der Waals surface area contributed by atoms with Crippen molar-refractivity contribution in [3.8, 4) is 0 Å². The Labute approximate surface area is 159 Å². The molecule has 2 aromatic rings. The minimum atomic E-state index is -0.338. The summed E-state index contributed by atoms with van der Waals surface area (Å²) in [5, 5.41) is 7.80. The molecule has 1 aromatic heterocycles. The van der Waals surface area contributed by atoms with Crippen LogP contribution in [0.4, 0.5) is 4.39 Å². The molecular weight excluding hydrogens is 355 g/mol. The van der Waals surface area contributed by atoms with Crippen molar-refractivity contribution in [3.63, 3.8) is 0 Å². The van der Waals surface area contributed by atoms with Gasteiger partial charge in [-0.3, -0.25) is 9.67 Å². The zero-order valence-electron chi connectivity index (χ0n) is 15.9. The van der Waals surface area contributed by atoms with Gasteiger partial charge in [-0.1, -0.05) is 31.5 Å². The van der Waals surface area contributed by atoms with Crippen LogP contribution in [0.5, 0.6) is 0 Å². The van der Waals surface area contributed by atoms with Crippen molar-refractivity contribution in [1.82, 2.24) is 25.0 Å². The van der Waals surface area contributed by atoms with Crippen LogP contribution in [-0.4, -0.2) is 45.8 Å². The van der Waals surface area contributed by atoms with Gasteiger partial charge in [0.2, 0.25) is 0 Å². The second kappa shape index (κ2) is 8.49. The number of nitrogens with zero attached hydrogens (tertiary/aromatic N) is 5. The van der Waals surface area contributed by atoms with Crippen LogP contribution in [0.15, 0.2) is 29.5 Å². The van der Waals surface area contributed by atoms with Crippen LogP contribution < -0.4 is 5.32 Å². The maximum absolute atomic E-state index is 13.3. The van der Waals surface area contributed by atoms with E-state index in [0.29, 0.717) is 18.1 Å². The van der Waals surface area contributed by atoms with Gasteiger partial charge in [0.25, 0.3) is 0 Å². The van der Waals surface area contributed by atoms with Crippen LogP contribution >= 0.6 is 11.6 Å². The van der Waals surface area contributed by atoms with Crippen molar-refractivity contribution in [2.75, 3.05) is 20.1 Å². The Morgan fingerprint density at radius 2 is 2.15 bits per heavy atom. The average molecular weight is 381 g/mol. The van der Waals surface area contributed by atoms with E-state index < -0.39 is 0 Å². The summed E-state index contributed by atoms with van der Waals surface area (Å²) >= 11 is 6.23. The standard InChI is InChI=1S/C18H26ClFN6/c1-6-21-17(25(4)10-16-23-12-24-26(16)5)22-11-18(2,3)14-8-7-13(20)9-15(14)19/h7-9,12H,6,10-11H2,1-5H3,(H,21,22). The highest BCUT2D eigenvalue weighted by molar-refractivity contribution is 6.31. The Bertz CT molecular complexity index is 771. The number of rotatable bonds is 6. The van der Waals surface area contributed by atoms with Gasteiger partial charge in [-0.2, -0.15) is 5.10 Å². The summed E-state index contributed by atoms with van der Waals surface area (Å²) in [5.41, 5.74) is 0.535. The summed E-state index contributed by atoms with van der Waals surface area (Å²) in [4.78, 5) is 11.0. The summed E-state index contributed by atoms with van der Waals surface area (Å²) in [6.45, 7) is 7.95. The molecule has 8 heteroatoms. The van der Waals surface area contributed by atoms with Gasteiger partial charge in [0.1, 0.15) is 18.0 Å². The number of hydrogen-bond donors (Lipinski definition) is 1. The molecule has 0 amide bonds. The van der Waals surface area contributed by atoms with E-state index in [1.807, 2.05) is 39.8 Å². The van der Waals surface area contributed by atoms with E-state index in [-0.39, 0.29) is 11.2 Å². The van der Waals surface area contributed by atoms with Crippen LogP contribution in [0.25, 0.3) is 0 Å². The average Bonchev–Trinajstić information content (AvgIpc) is 2.96. The molecule has 0 radical (unpaired) electrons. The first-order valence-electron chi connectivity index (χ1n) is 8.52. The molecule has 0 spiro atoms. The number of aliphatic imine (C=N–C) groups is 1. The Kier molecular flexibility index (Phi) is 6.58. The third kappa shape index (κ3) is 4.94. The fourth-order valence-corrected chi connectivity index (χ4v) is 3.04. The third-order valence-electron chi connectivity index (χ3n) is 4.16. The van der Waals surface area contributed by atoms with Crippen LogP contribution in [0, 0.1) is 5.82 Å². The summed E-state index contributed by atoms with van der Waals surface area (Å²) in [6, 6.07) is 4.50. The van der Waals surface area contributed by atoms with Crippen LogP contribution in [0.1, 0.15) is 32.2 Å². The van der Waals surface area contributed by atoms with Crippen molar-refractivity contribution in [2.45, 2.75) is 32.7 Å². The fraction of sp³-hybridized carbons (Fsp3) is 0.500. The van der Waals surface area contributed by atoms with E-state index in [0.717, 1.165) is 23.9 Å². The lowest BCUT2D eigenvalue weighted by Gasteiger charge is -2.27. The molecule has 0 aliphatic carbocycles. The predicted octanol–water partition coefficient (Wildman–Crippen LogP) is 2.98. The van der Waals surface area contributed by atoms with E-state index in [4.69, 9.17) is 16.6 Å². The minimum Gasteiger partial charge on any atom is -0.357 e. The maximum atomic E-state index is 13.3. The molecule has 1 N–H and O–H groups in total. The molecule has 0 aliphatic heterocycles. The van der Waals surface area contributed by atoms with Crippen molar-refractivity contribution in [1.29, 1.82) is 0 Å². The molecule has 26 heavy (non-hydrogen) atoms. The number of benzene rings is 1. The highest BCUT2D eigenvalue weighted by Gasteiger charge is 2.24. The third-order valence-corrected chi connectivity index (χ3v) is 4.48. The van der Waals surface area contributed by atoms with Crippen LogP contribution in [-0.2, 0) is 19.0 Å². The molecular formula is C18H26ClFN6. The second-order valence-corrected chi connectivity index (χ2v) is 7.24. The van der Waals surface area contributed by atoms with E-state index in [2.05, 4.69) is 15.4 Å². The Hall–Kier alpha value is -2.15. The van der Waals surface area contributed by atoms with Crippen molar-refractivity contribution in [3.05, 3.63) is 46.8 Å². The molecule has 1 heterocycles. The molecule has 142 valence electrons. The molecule has 0 atom stereocenters. The minimum absolute atomic E-state index is 0.336. The maximum Gasteiger partial charge on any atom is 0.194 e. The molecule has 0 bridgehead atoms. The first kappa shape index (κ1) is 20.2. The molecule has 0 saturated heterocycles. The fourth-order valence-electron chi connectivity index (χ4n) is 2.62. The molecule has 6 nitrogen and oxygen atoms in total. The number of nitrogens with one attached hydrogen (secondary N) is 1. The van der Waals surface area contributed by atoms with Crippen molar-refractivity contribution < 1.29 is 4.39 Å².